The van der Waals surface area contributed by atoms with E-state index < -0.39 is 0 Å². The number of hydrogen-bond acceptors (Lipinski definition) is 3. The van der Waals surface area contributed by atoms with Crippen molar-refractivity contribution in [2.45, 2.75) is 6.61 Å². The van der Waals surface area contributed by atoms with Gasteiger partial charge in [0.15, 0.2) is 6.61 Å². The summed E-state index contributed by atoms with van der Waals surface area (Å²) < 4.78 is 5.21. The van der Waals surface area contributed by atoms with Crippen LogP contribution in [0, 0.1) is 0 Å². The third-order valence-electron chi connectivity index (χ3n) is 1.78. The first-order valence-electron chi connectivity index (χ1n) is 4.30. The largest absolute Gasteiger partial charge is 0.483 e. The lowest BCUT2D eigenvalue weighted by Crippen LogP contribution is -2.25. The number of aliphatic hydroxyl groups excluding tert-OH is 1. The Kier molecular flexibility index (Phi) is 3.94. The number of hydrogen-bond donors (Lipinski definition) is 2. The molecule has 2 N–H and O–H groups in total. The number of ether oxygens (including phenoxy) is 1. The fourth-order valence-electron chi connectivity index (χ4n) is 0.991. The van der Waals surface area contributed by atoms with E-state index in [2.05, 4.69) is 5.32 Å². The molecule has 0 spiro atoms. The number of likely N-dealkylation sites (N-methyl/N-ethyl adjacent to an activating group) is 1. The zero-order valence-corrected chi connectivity index (χ0v) is 7.99. The number of amides is 1. The molecule has 0 saturated heterocycles. The average molecular weight is 195 g/mol. The summed E-state index contributed by atoms with van der Waals surface area (Å²) in [5.74, 6) is 0.344. The van der Waals surface area contributed by atoms with Gasteiger partial charge in [0.25, 0.3) is 5.91 Å². The fraction of sp³-hybridized carbons (Fsp3) is 0.300. The standard InChI is InChI=1S/C10H13NO3/c1-11-10(13)7-14-9-5-3-2-4-8(9)6-12/h2-5,12H,6-7H2,1H3,(H,11,13). The second-order valence-corrected chi connectivity index (χ2v) is 2.73. The van der Waals surface area contributed by atoms with Gasteiger partial charge in [-0.05, 0) is 6.07 Å². The highest BCUT2D eigenvalue weighted by Gasteiger charge is 2.03. The van der Waals surface area contributed by atoms with E-state index in [0.29, 0.717) is 11.3 Å². The summed E-state index contributed by atoms with van der Waals surface area (Å²) >= 11 is 0. The van der Waals surface area contributed by atoms with Crippen molar-refractivity contribution in [1.82, 2.24) is 5.32 Å². The molecule has 0 fully saturated rings. The van der Waals surface area contributed by atoms with Crippen molar-refractivity contribution in [1.29, 1.82) is 0 Å². The molecule has 1 aromatic rings. The molecule has 0 aromatic heterocycles. The molecule has 1 aromatic carbocycles. The first kappa shape index (κ1) is 10.5. The molecular weight excluding hydrogens is 182 g/mol. The van der Waals surface area contributed by atoms with E-state index in [1.807, 2.05) is 0 Å². The van der Waals surface area contributed by atoms with E-state index in [0.717, 1.165) is 0 Å². The molecule has 14 heavy (non-hydrogen) atoms. The Hall–Kier alpha value is -1.55. The Morgan fingerprint density at radius 2 is 2.21 bits per heavy atom. The Morgan fingerprint density at radius 1 is 1.50 bits per heavy atom. The highest BCUT2D eigenvalue weighted by molar-refractivity contribution is 5.77. The maximum atomic E-state index is 10.9. The lowest BCUT2D eigenvalue weighted by molar-refractivity contribution is -0.122. The Bertz CT molecular complexity index is 312. The second kappa shape index (κ2) is 5.24. The summed E-state index contributed by atoms with van der Waals surface area (Å²) in [4.78, 5) is 10.9. The molecule has 0 aliphatic heterocycles. The lowest BCUT2D eigenvalue weighted by atomic mass is 10.2. The van der Waals surface area contributed by atoms with Crippen LogP contribution >= 0.6 is 0 Å². The van der Waals surface area contributed by atoms with Crippen molar-refractivity contribution in [3.8, 4) is 5.75 Å². The van der Waals surface area contributed by atoms with Gasteiger partial charge in [-0.1, -0.05) is 18.2 Å². The van der Waals surface area contributed by atoms with Crippen molar-refractivity contribution < 1.29 is 14.6 Å². The van der Waals surface area contributed by atoms with Gasteiger partial charge >= 0.3 is 0 Å². The summed E-state index contributed by atoms with van der Waals surface area (Å²) in [6, 6.07) is 7.06. The van der Waals surface area contributed by atoms with Crippen LogP contribution < -0.4 is 10.1 Å². The minimum Gasteiger partial charge on any atom is -0.483 e. The topological polar surface area (TPSA) is 58.6 Å². The van der Waals surface area contributed by atoms with E-state index in [9.17, 15) is 4.79 Å². The number of carbonyl (C=O) groups is 1. The second-order valence-electron chi connectivity index (χ2n) is 2.73. The maximum absolute atomic E-state index is 10.9. The van der Waals surface area contributed by atoms with Gasteiger partial charge in [-0.3, -0.25) is 4.79 Å². The average Bonchev–Trinajstić information content (AvgIpc) is 2.26. The molecule has 0 atom stereocenters. The van der Waals surface area contributed by atoms with Gasteiger partial charge in [-0.2, -0.15) is 0 Å². The van der Waals surface area contributed by atoms with E-state index in [-0.39, 0.29) is 19.1 Å². The zero-order valence-electron chi connectivity index (χ0n) is 7.99. The van der Waals surface area contributed by atoms with Crippen LogP contribution in [0.15, 0.2) is 24.3 Å². The minimum absolute atomic E-state index is 0.0342. The van der Waals surface area contributed by atoms with Gasteiger partial charge < -0.3 is 15.2 Å². The lowest BCUT2D eigenvalue weighted by Gasteiger charge is -2.08. The van der Waals surface area contributed by atoms with E-state index in [4.69, 9.17) is 9.84 Å². The zero-order chi connectivity index (χ0) is 10.4. The molecule has 0 unspecified atom stereocenters. The van der Waals surface area contributed by atoms with Crippen LogP contribution in [0.2, 0.25) is 0 Å². The molecule has 0 radical (unpaired) electrons. The molecule has 0 aliphatic rings. The Morgan fingerprint density at radius 3 is 2.86 bits per heavy atom. The third kappa shape index (κ3) is 2.74. The summed E-state index contributed by atoms with van der Waals surface area (Å²) in [6.45, 7) is -0.128. The molecule has 0 saturated carbocycles. The number of rotatable bonds is 4. The van der Waals surface area contributed by atoms with Crippen LogP contribution in [-0.2, 0) is 11.4 Å². The quantitative estimate of drug-likeness (QED) is 0.726. The van der Waals surface area contributed by atoms with Crippen LogP contribution in [0.1, 0.15) is 5.56 Å². The normalized spacial score (nSPS) is 9.57. The first-order chi connectivity index (χ1) is 6.77. The van der Waals surface area contributed by atoms with Crippen molar-refractivity contribution in [3.63, 3.8) is 0 Å². The van der Waals surface area contributed by atoms with Gasteiger partial charge in [0.2, 0.25) is 0 Å². The molecule has 4 nitrogen and oxygen atoms in total. The van der Waals surface area contributed by atoms with Crippen LogP contribution in [0.3, 0.4) is 0 Å². The monoisotopic (exact) mass is 195 g/mol. The van der Waals surface area contributed by atoms with Crippen LogP contribution in [0.4, 0.5) is 0 Å². The van der Waals surface area contributed by atoms with E-state index in [1.165, 1.54) is 0 Å². The Labute approximate surface area is 82.5 Å². The van der Waals surface area contributed by atoms with Gasteiger partial charge in [0.1, 0.15) is 5.75 Å². The van der Waals surface area contributed by atoms with E-state index >= 15 is 0 Å². The molecule has 0 aliphatic carbocycles. The predicted molar refractivity (Wildman–Crippen MR) is 51.9 cm³/mol. The Balaban J connectivity index is 2.61. The van der Waals surface area contributed by atoms with Crippen LogP contribution in [0.25, 0.3) is 0 Å². The number of aliphatic hydroxyl groups is 1. The number of carbonyl (C=O) groups excluding carboxylic acids is 1. The molecule has 76 valence electrons. The van der Waals surface area contributed by atoms with Crippen molar-refractivity contribution in [2.24, 2.45) is 0 Å². The SMILES string of the molecule is CNC(=O)COc1ccccc1CO. The highest BCUT2D eigenvalue weighted by Crippen LogP contribution is 2.17. The number of nitrogens with one attached hydrogen (secondary N) is 1. The van der Waals surface area contributed by atoms with E-state index in [1.54, 1.807) is 31.3 Å². The molecular formula is C10H13NO3. The van der Waals surface area contributed by atoms with Gasteiger partial charge in [-0.25, -0.2) is 0 Å². The van der Waals surface area contributed by atoms with Crippen LogP contribution in [0.5, 0.6) is 5.75 Å². The minimum atomic E-state index is -0.197. The van der Waals surface area contributed by atoms with Gasteiger partial charge in [-0.15, -0.1) is 0 Å². The third-order valence-corrected chi connectivity index (χ3v) is 1.78. The molecule has 4 heteroatoms. The maximum Gasteiger partial charge on any atom is 0.257 e. The predicted octanol–water partition coefficient (Wildman–Crippen LogP) is 0.304. The first-order valence-corrected chi connectivity index (χ1v) is 4.30. The van der Waals surface area contributed by atoms with Gasteiger partial charge in [0.05, 0.1) is 6.61 Å². The molecule has 0 bridgehead atoms. The highest BCUT2D eigenvalue weighted by atomic mass is 16.5. The van der Waals surface area contributed by atoms with Crippen molar-refractivity contribution in [3.05, 3.63) is 29.8 Å². The summed E-state index contributed by atoms with van der Waals surface area (Å²) in [5.41, 5.74) is 0.677. The summed E-state index contributed by atoms with van der Waals surface area (Å²) in [5, 5.41) is 11.4. The summed E-state index contributed by atoms with van der Waals surface area (Å²) in [7, 11) is 1.55. The van der Waals surface area contributed by atoms with Crippen molar-refractivity contribution >= 4 is 5.91 Å². The number of para-hydroxylation sites is 1. The van der Waals surface area contributed by atoms with Crippen LogP contribution in [-0.4, -0.2) is 24.7 Å². The van der Waals surface area contributed by atoms with Crippen molar-refractivity contribution in [2.75, 3.05) is 13.7 Å². The smallest absolute Gasteiger partial charge is 0.257 e. The van der Waals surface area contributed by atoms with Gasteiger partial charge in [0, 0.05) is 12.6 Å². The molecule has 1 rings (SSSR count). The number of benzene rings is 1. The summed E-state index contributed by atoms with van der Waals surface area (Å²) in [6.07, 6.45) is 0. The molecule has 1 amide bonds. The fourth-order valence-corrected chi connectivity index (χ4v) is 0.991. The molecule has 0 heterocycles.